The molecule has 0 aromatic carbocycles. The van der Waals surface area contributed by atoms with Gasteiger partial charge in [-0.3, -0.25) is 4.90 Å². The summed E-state index contributed by atoms with van der Waals surface area (Å²) in [7, 11) is 0. The number of hydrogen-bond acceptors (Lipinski definition) is 3. The zero-order valence-corrected chi connectivity index (χ0v) is 11.2. The number of aromatic amines is 1. The van der Waals surface area contributed by atoms with Crippen molar-refractivity contribution in [1.29, 1.82) is 0 Å². The molecule has 2 rings (SSSR count). The first-order valence-corrected chi connectivity index (χ1v) is 6.59. The Morgan fingerprint density at radius 2 is 2.06 bits per heavy atom. The predicted octanol–water partition coefficient (Wildman–Crippen LogP) is 1.15. The second kappa shape index (κ2) is 5.19. The van der Waals surface area contributed by atoms with E-state index >= 15 is 0 Å². The number of piperazine rings is 1. The molecule has 0 aliphatic carbocycles. The lowest BCUT2D eigenvalue weighted by Gasteiger charge is -2.34. The van der Waals surface area contributed by atoms with Crippen LogP contribution in [0.15, 0.2) is 6.20 Å². The van der Waals surface area contributed by atoms with E-state index in [1.165, 1.54) is 5.69 Å². The Balaban J connectivity index is 2.01. The maximum absolute atomic E-state index is 4.53. The number of H-pyrrole nitrogens is 1. The molecule has 96 valence electrons. The van der Waals surface area contributed by atoms with Gasteiger partial charge >= 0.3 is 0 Å². The molecule has 2 N–H and O–H groups in total. The largest absolute Gasteiger partial charge is 0.345 e. The molecule has 0 bridgehead atoms. The van der Waals surface area contributed by atoms with Gasteiger partial charge in [-0.15, -0.1) is 0 Å². The van der Waals surface area contributed by atoms with Crippen molar-refractivity contribution in [3.05, 3.63) is 17.7 Å². The lowest BCUT2D eigenvalue weighted by atomic mass is 9.91. The third kappa shape index (κ3) is 3.07. The Hall–Kier alpha value is -0.870. The van der Waals surface area contributed by atoms with Gasteiger partial charge in [-0.05, 0) is 6.42 Å². The minimum atomic E-state index is 0.102. The Labute approximate surface area is 104 Å². The average molecular weight is 236 g/mol. The van der Waals surface area contributed by atoms with E-state index in [0.29, 0.717) is 0 Å². The minimum absolute atomic E-state index is 0.102. The summed E-state index contributed by atoms with van der Waals surface area (Å²) in [6.45, 7) is 12.3. The molecule has 4 nitrogen and oxygen atoms in total. The maximum Gasteiger partial charge on any atom is 0.113 e. The maximum atomic E-state index is 4.53. The lowest BCUT2D eigenvalue weighted by molar-refractivity contribution is 0.196. The fourth-order valence-corrected chi connectivity index (χ4v) is 2.39. The summed E-state index contributed by atoms with van der Waals surface area (Å²) in [5.41, 5.74) is 1.33. The summed E-state index contributed by atoms with van der Waals surface area (Å²) in [5.74, 6) is 1.12. The molecule has 1 saturated heterocycles. The first kappa shape index (κ1) is 12.6. The van der Waals surface area contributed by atoms with Gasteiger partial charge in [0.25, 0.3) is 0 Å². The molecule has 4 heteroatoms. The van der Waals surface area contributed by atoms with E-state index in [-0.39, 0.29) is 5.41 Å². The standard InChI is InChI=1S/C13H24N4/c1-4-11-9-15-12(16-11)13(2,3)10-17-7-5-14-6-8-17/h9,14H,4-8,10H2,1-3H3,(H,15,16). The van der Waals surface area contributed by atoms with Crippen LogP contribution < -0.4 is 5.32 Å². The van der Waals surface area contributed by atoms with E-state index in [9.17, 15) is 0 Å². The molecule has 0 amide bonds. The highest BCUT2D eigenvalue weighted by atomic mass is 15.2. The van der Waals surface area contributed by atoms with Crippen LogP contribution in [0, 0.1) is 0 Å². The highest BCUT2D eigenvalue weighted by molar-refractivity contribution is 5.10. The summed E-state index contributed by atoms with van der Waals surface area (Å²) in [4.78, 5) is 10.5. The Bertz CT molecular complexity index is 350. The van der Waals surface area contributed by atoms with Crippen molar-refractivity contribution in [2.45, 2.75) is 32.6 Å². The number of nitrogens with one attached hydrogen (secondary N) is 2. The van der Waals surface area contributed by atoms with Crippen LogP contribution in [-0.2, 0) is 11.8 Å². The number of nitrogens with zero attached hydrogens (tertiary/aromatic N) is 2. The summed E-state index contributed by atoms with van der Waals surface area (Å²) in [5, 5.41) is 3.39. The van der Waals surface area contributed by atoms with Crippen molar-refractivity contribution in [2.24, 2.45) is 0 Å². The molecule has 17 heavy (non-hydrogen) atoms. The zero-order chi connectivity index (χ0) is 12.3. The molecule has 1 aromatic rings. The normalized spacial score (nSPS) is 18.5. The average Bonchev–Trinajstić information content (AvgIpc) is 2.79. The van der Waals surface area contributed by atoms with Crippen molar-refractivity contribution in [3.63, 3.8) is 0 Å². The first-order valence-electron chi connectivity index (χ1n) is 6.59. The van der Waals surface area contributed by atoms with Crippen LogP contribution in [0.4, 0.5) is 0 Å². The van der Waals surface area contributed by atoms with E-state index in [2.05, 4.69) is 41.0 Å². The third-order valence-corrected chi connectivity index (χ3v) is 3.48. The van der Waals surface area contributed by atoms with Crippen molar-refractivity contribution >= 4 is 0 Å². The van der Waals surface area contributed by atoms with Crippen LogP contribution >= 0.6 is 0 Å². The highest BCUT2D eigenvalue weighted by Gasteiger charge is 2.27. The molecule has 0 radical (unpaired) electrons. The molecule has 0 spiro atoms. The third-order valence-electron chi connectivity index (χ3n) is 3.48. The molecule has 2 heterocycles. The van der Waals surface area contributed by atoms with Gasteiger partial charge in [0, 0.05) is 50.0 Å². The molecule has 1 fully saturated rings. The van der Waals surface area contributed by atoms with E-state index in [0.717, 1.165) is 45.0 Å². The van der Waals surface area contributed by atoms with Crippen molar-refractivity contribution < 1.29 is 0 Å². The summed E-state index contributed by atoms with van der Waals surface area (Å²) in [6, 6.07) is 0. The summed E-state index contributed by atoms with van der Waals surface area (Å²) >= 11 is 0. The molecule has 0 unspecified atom stereocenters. The van der Waals surface area contributed by atoms with Crippen LogP contribution in [0.5, 0.6) is 0 Å². The zero-order valence-electron chi connectivity index (χ0n) is 11.2. The monoisotopic (exact) mass is 236 g/mol. The van der Waals surface area contributed by atoms with Gasteiger partial charge in [0.1, 0.15) is 5.82 Å². The minimum Gasteiger partial charge on any atom is -0.345 e. The Kier molecular flexibility index (Phi) is 3.84. The molecule has 0 saturated carbocycles. The van der Waals surface area contributed by atoms with E-state index < -0.39 is 0 Å². The van der Waals surface area contributed by atoms with E-state index in [1.54, 1.807) is 0 Å². The van der Waals surface area contributed by atoms with Gasteiger partial charge in [0.15, 0.2) is 0 Å². The number of aryl methyl sites for hydroxylation is 1. The summed E-state index contributed by atoms with van der Waals surface area (Å²) in [6.07, 6.45) is 2.99. The molecule has 1 aromatic heterocycles. The molecule has 1 aliphatic rings. The number of hydrogen-bond donors (Lipinski definition) is 2. The second-order valence-corrected chi connectivity index (χ2v) is 5.52. The van der Waals surface area contributed by atoms with Gasteiger partial charge in [-0.25, -0.2) is 4.98 Å². The molecule has 0 atom stereocenters. The molecule has 1 aliphatic heterocycles. The van der Waals surface area contributed by atoms with Gasteiger partial charge < -0.3 is 10.3 Å². The lowest BCUT2D eigenvalue weighted by Crippen LogP contribution is -2.48. The predicted molar refractivity (Wildman–Crippen MR) is 70.3 cm³/mol. The molecular weight excluding hydrogens is 212 g/mol. The second-order valence-electron chi connectivity index (χ2n) is 5.52. The van der Waals surface area contributed by atoms with Crippen LogP contribution in [0.2, 0.25) is 0 Å². The topological polar surface area (TPSA) is 44.0 Å². The number of rotatable bonds is 4. The van der Waals surface area contributed by atoms with Crippen molar-refractivity contribution in [2.75, 3.05) is 32.7 Å². The van der Waals surface area contributed by atoms with Gasteiger partial charge in [-0.2, -0.15) is 0 Å². The van der Waals surface area contributed by atoms with Crippen molar-refractivity contribution in [1.82, 2.24) is 20.2 Å². The fraction of sp³-hybridized carbons (Fsp3) is 0.769. The Morgan fingerprint density at radius 3 is 2.65 bits per heavy atom. The van der Waals surface area contributed by atoms with Gasteiger partial charge in [0.05, 0.1) is 0 Å². The van der Waals surface area contributed by atoms with Crippen LogP contribution in [0.1, 0.15) is 32.3 Å². The van der Waals surface area contributed by atoms with Crippen molar-refractivity contribution in [3.8, 4) is 0 Å². The SMILES string of the molecule is CCc1cnc(C(C)(C)CN2CCNCC2)[nH]1. The van der Waals surface area contributed by atoms with E-state index in [4.69, 9.17) is 0 Å². The van der Waals surface area contributed by atoms with Gasteiger partial charge in [0.2, 0.25) is 0 Å². The van der Waals surface area contributed by atoms with Crippen LogP contribution in [0.3, 0.4) is 0 Å². The highest BCUT2D eigenvalue weighted by Crippen LogP contribution is 2.21. The summed E-state index contributed by atoms with van der Waals surface area (Å²) < 4.78 is 0. The fourth-order valence-electron chi connectivity index (χ4n) is 2.39. The smallest absolute Gasteiger partial charge is 0.113 e. The van der Waals surface area contributed by atoms with Crippen LogP contribution in [-0.4, -0.2) is 47.6 Å². The van der Waals surface area contributed by atoms with Gasteiger partial charge in [-0.1, -0.05) is 20.8 Å². The van der Waals surface area contributed by atoms with E-state index in [1.807, 2.05) is 6.20 Å². The first-order chi connectivity index (χ1) is 8.12. The Morgan fingerprint density at radius 1 is 1.35 bits per heavy atom. The molecular formula is C13H24N4. The number of aromatic nitrogens is 2. The van der Waals surface area contributed by atoms with Crippen LogP contribution in [0.25, 0.3) is 0 Å². The quantitative estimate of drug-likeness (QED) is 0.824. The number of imidazole rings is 1.